The lowest BCUT2D eigenvalue weighted by atomic mass is 9.77. The molecule has 0 amide bonds. The van der Waals surface area contributed by atoms with Gasteiger partial charge in [-0.25, -0.2) is 0 Å². The van der Waals surface area contributed by atoms with Gasteiger partial charge >= 0.3 is 0 Å². The summed E-state index contributed by atoms with van der Waals surface area (Å²) in [6, 6.07) is 18.0. The Hall–Kier alpha value is -1.08. The molecule has 2 aliphatic rings. The topological polar surface area (TPSA) is 0 Å². The van der Waals surface area contributed by atoms with Crippen molar-refractivity contribution >= 4 is 15.9 Å². The first-order valence-electron chi connectivity index (χ1n) is 7.62. The smallest absolute Gasteiger partial charge is 0.0175 e. The van der Waals surface area contributed by atoms with Crippen LogP contribution in [0.2, 0.25) is 0 Å². The Balaban J connectivity index is 1.64. The van der Waals surface area contributed by atoms with Gasteiger partial charge in [-0.3, -0.25) is 0 Å². The fourth-order valence-electron chi connectivity index (χ4n) is 4.26. The molecule has 102 valence electrons. The lowest BCUT2D eigenvalue weighted by molar-refractivity contribution is 0.419. The summed E-state index contributed by atoms with van der Waals surface area (Å²) in [6.07, 6.45) is 7.16. The Bertz CT molecular complexity index is 601. The summed E-state index contributed by atoms with van der Waals surface area (Å²) in [5.74, 6) is 1.01. The Morgan fingerprint density at radius 1 is 0.800 bits per heavy atom. The molecule has 0 nitrogen and oxygen atoms in total. The van der Waals surface area contributed by atoms with Crippen molar-refractivity contribution in [2.24, 2.45) is 5.92 Å². The molecule has 2 bridgehead atoms. The highest BCUT2D eigenvalue weighted by Gasteiger charge is 2.45. The summed E-state index contributed by atoms with van der Waals surface area (Å²) in [4.78, 5) is 0. The van der Waals surface area contributed by atoms with E-state index in [0.29, 0.717) is 5.41 Å². The Kier molecular flexibility index (Phi) is 2.99. The number of benzene rings is 2. The lowest BCUT2D eigenvalue weighted by Gasteiger charge is -2.27. The Morgan fingerprint density at radius 3 is 1.85 bits per heavy atom. The molecule has 0 spiro atoms. The normalized spacial score (nSPS) is 27.9. The summed E-state index contributed by atoms with van der Waals surface area (Å²) in [5.41, 5.74) is 4.74. The molecule has 0 saturated heterocycles. The van der Waals surface area contributed by atoms with E-state index in [4.69, 9.17) is 0 Å². The first-order valence-corrected chi connectivity index (χ1v) is 8.41. The summed E-state index contributed by atoms with van der Waals surface area (Å²) in [6.45, 7) is 0. The van der Waals surface area contributed by atoms with E-state index in [1.165, 1.54) is 43.2 Å². The monoisotopic (exact) mass is 326 g/mol. The van der Waals surface area contributed by atoms with E-state index < -0.39 is 0 Å². The third kappa shape index (κ3) is 2.03. The first kappa shape index (κ1) is 12.6. The van der Waals surface area contributed by atoms with Crippen LogP contribution in [0.15, 0.2) is 53.0 Å². The quantitative estimate of drug-likeness (QED) is 0.639. The van der Waals surface area contributed by atoms with Gasteiger partial charge in [-0.05, 0) is 72.3 Å². The van der Waals surface area contributed by atoms with Crippen molar-refractivity contribution < 1.29 is 0 Å². The minimum atomic E-state index is 0.531. The molecule has 2 aliphatic carbocycles. The molecule has 0 heterocycles. The molecule has 4 rings (SSSR count). The molecular formula is C19H19Br. The van der Waals surface area contributed by atoms with E-state index in [1.807, 2.05) is 0 Å². The SMILES string of the molecule is Brc1ccc(-c2ccc(C34CCC(CC3)C4)cc2)cc1. The van der Waals surface area contributed by atoms with Crippen molar-refractivity contribution in [3.8, 4) is 11.1 Å². The molecular weight excluding hydrogens is 308 g/mol. The van der Waals surface area contributed by atoms with Crippen molar-refractivity contribution in [2.75, 3.05) is 0 Å². The van der Waals surface area contributed by atoms with Crippen LogP contribution < -0.4 is 0 Å². The first-order chi connectivity index (χ1) is 9.75. The van der Waals surface area contributed by atoms with Gasteiger partial charge in [0.15, 0.2) is 0 Å². The molecule has 0 atom stereocenters. The second kappa shape index (κ2) is 4.73. The van der Waals surface area contributed by atoms with Crippen molar-refractivity contribution in [2.45, 2.75) is 37.5 Å². The van der Waals surface area contributed by atoms with Gasteiger partial charge in [0.2, 0.25) is 0 Å². The zero-order chi connectivity index (χ0) is 13.6. The molecule has 20 heavy (non-hydrogen) atoms. The van der Waals surface area contributed by atoms with E-state index in [0.717, 1.165) is 10.4 Å². The minimum Gasteiger partial charge on any atom is -0.0579 e. The number of rotatable bonds is 2. The van der Waals surface area contributed by atoms with Gasteiger partial charge in [-0.1, -0.05) is 52.3 Å². The van der Waals surface area contributed by atoms with Gasteiger partial charge in [0.1, 0.15) is 0 Å². The van der Waals surface area contributed by atoms with Gasteiger partial charge in [0, 0.05) is 4.47 Å². The van der Waals surface area contributed by atoms with E-state index in [9.17, 15) is 0 Å². The number of fused-ring (bicyclic) bond motifs is 2. The van der Waals surface area contributed by atoms with Crippen LogP contribution in [0, 0.1) is 5.92 Å². The van der Waals surface area contributed by atoms with E-state index in [2.05, 4.69) is 64.5 Å². The predicted molar refractivity (Wildman–Crippen MR) is 87.8 cm³/mol. The maximum atomic E-state index is 3.50. The van der Waals surface area contributed by atoms with Crippen molar-refractivity contribution in [1.29, 1.82) is 0 Å². The van der Waals surface area contributed by atoms with Crippen LogP contribution in [0.5, 0.6) is 0 Å². The average Bonchev–Trinajstić information content (AvgIpc) is 3.10. The summed E-state index contributed by atoms with van der Waals surface area (Å²) >= 11 is 3.50. The molecule has 2 aromatic carbocycles. The van der Waals surface area contributed by atoms with Gasteiger partial charge < -0.3 is 0 Å². The van der Waals surface area contributed by atoms with Gasteiger partial charge in [0.05, 0.1) is 0 Å². The van der Waals surface area contributed by atoms with E-state index >= 15 is 0 Å². The highest BCUT2D eigenvalue weighted by Crippen LogP contribution is 2.55. The van der Waals surface area contributed by atoms with Crippen molar-refractivity contribution in [3.63, 3.8) is 0 Å². The van der Waals surface area contributed by atoms with Crippen molar-refractivity contribution in [1.82, 2.24) is 0 Å². The van der Waals surface area contributed by atoms with Gasteiger partial charge in [-0.2, -0.15) is 0 Å². The molecule has 1 heteroatoms. The highest BCUT2D eigenvalue weighted by molar-refractivity contribution is 9.10. The Labute approximate surface area is 129 Å². The maximum absolute atomic E-state index is 3.50. The van der Waals surface area contributed by atoms with Crippen LogP contribution in [0.25, 0.3) is 11.1 Å². The number of hydrogen-bond donors (Lipinski definition) is 0. The molecule has 0 N–H and O–H groups in total. The largest absolute Gasteiger partial charge is 0.0579 e. The molecule has 0 unspecified atom stereocenters. The minimum absolute atomic E-state index is 0.531. The molecule has 0 radical (unpaired) electrons. The third-order valence-corrected chi connectivity index (χ3v) is 5.95. The molecule has 2 fully saturated rings. The van der Waals surface area contributed by atoms with Crippen molar-refractivity contribution in [3.05, 3.63) is 58.6 Å². The van der Waals surface area contributed by atoms with Gasteiger partial charge in [0.25, 0.3) is 0 Å². The highest BCUT2D eigenvalue weighted by atomic mass is 79.9. The summed E-state index contributed by atoms with van der Waals surface area (Å²) in [7, 11) is 0. The second-order valence-corrected chi connectivity index (χ2v) is 7.43. The van der Waals surface area contributed by atoms with Crippen LogP contribution in [0.4, 0.5) is 0 Å². The predicted octanol–water partition coefficient (Wildman–Crippen LogP) is 5.95. The fourth-order valence-corrected chi connectivity index (χ4v) is 4.52. The number of hydrogen-bond acceptors (Lipinski definition) is 0. The molecule has 2 saturated carbocycles. The van der Waals surface area contributed by atoms with Crippen LogP contribution in [0.1, 0.15) is 37.7 Å². The maximum Gasteiger partial charge on any atom is 0.0175 e. The summed E-state index contributed by atoms with van der Waals surface area (Å²) < 4.78 is 1.14. The molecule has 0 aliphatic heterocycles. The van der Waals surface area contributed by atoms with Crippen LogP contribution in [-0.4, -0.2) is 0 Å². The Morgan fingerprint density at radius 2 is 1.35 bits per heavy atom. The lowest BCUT2D eigenvalue weighted by Crippen LogP contribution is -2.19. The molecule has 0 aromatic heterocycles. The fraction of sp³-hybridized carbons (Fsp3) is 0.368. The van der Waals surface area contributed by atoms with Crippen LogP contribution in [-0.2, 0) is 5.41 Å². The van der Waals surface area contributed by atoms with Crippen LogP contribution in [0.3, 0.4) is 0 Å². The number of halogens is 1. The van der Waals surface area contributed by atoms with E-state index in [1.54, 1.807) is 5.56 Å². The molecule has 2 aromatic rings. The van der Waals surface area contributed by atoms with E-state index in [-0.39, 0.29) is 0 Å². The third-order valence-electron chi connectivity index (χ3n) is 5.42. The second-order valence-electron chi connectivity index (χ2n) is 6.51. The zero-order valence-corrected chi connectivity index (χ0v) is 13.2. The summed E-state index contributed by atoms with van der Waals surface area (Å²) in [5, 5.41) is 0. The average molecular weight is 327 g/mol. The van der Waals surface area contributed by atoms with Gasteiger partial charge in [-0.15, -0.1) is 0 Å². The standard InChI is InChI=1S/C19H19Br/c20-18-7-3-16(4-8-18)15-1-5-17(6-2-15)19-11-9-14(13-19)10-12-19/h1-8,14H,9-13H2. The zero-order valence-electron chi connectivity index (χ0n) is 11.6. The van der Waals surface area contributed by atoms with Crippen LogP contribution >= 0.6 is 15.9 Å².